The van der Waals surface area contributed by atoms with E-state index in [0.717, 1.165) is 0 Å². The van der Waals surface area contributed by atoms with Crippen LogP contribution in [0.3, 0.4) is 0 Å². The van der Waals surface area contributed by atoms with Gasteiger partial charge in [0.05, 0.1) is 0 Å². The second-order valence-electron chi connectivity index (χ2n) is 3.53. The van der Waals surface area contributed by atoms with Gasteiger partial charge >= 0.3 is 5.97 Å². The lowest BCUT2D eigenvalue weighted by molar-refractivity contribution is -0.131. The molecule has 0 aliphatic heterocycles. The van der Waals surface area contributed by atoms with Gasteiger partial charge in [-0.05, 0) is 24.3 Å². The number of carbonyl (C=O) groups excluding carboxylic acids is 1. The highest BCUT2D eigenvalue weighted by Crippen LogP contribution is 2.39. The minimum atomic E-state index is -1.40. The molecule has 3 nitrogen and oxygen atoms in total. The third kappa shape index (κ3) is 1.66. The highest BCUT2D eigenvalue weighted by atomic mass is 16.4. The summed E-state index contributed by atoms with van der Waals surface area (Å²) in [6, 6.07) is 6.86. The number of carboxylic acids is 1. The third-order valence-corrected chi connectivity index (χ3v) is 2.42. The van der Waals surface area contributed by atoms with Crippen molar-refractivity contribution in [3.05, 3.63) is 35.4 Å². The van der Waals surface area contributed by atoms with E-state index >= 15 is 0 Å². The van der Waals surface area contributed by atoms with Gasteiger partial charge in [0.25, 0.3) is 5.78 Å². The number of carbonyl (C=O) groups is 2. The van der Waals surface area contributed by atoms with Gasteiger partial charge in [0.2, 0.25) is 0 Å². The van der Waals surface area contributed by atoms with E-state index in [4.69, 9.17) is 5.11 Å². The van der Waals surface area contributed by atoms with E-state index in [0.29, 0.717) is 5.92 Å². The van der Waals surface area contributed by atoms with Crippen LogP contribution in [0.2, 0.25) is 0 Å². The van der Waals surface area contributed by atoms with Crippen LogP contribution < -0.4 is 0 Å². The van der Waals surface area contributed by atoms with Gasteiger partial charge in [-0.2, -0.15) is 0 Å². The zero-order valence-electron chi connectivity index (χ0n) is 7.56. The number of ketones is 1. The van der Waals surface area contributed by atoms with E-state index in [2.05, 4.69) is 0 Å². The van der Waals surface area contributed by atoms with Gasteiger partial charge in [0.1, 0.15) is 0 Å². The highest BCUT2D eigenvalue weighted by Gasteiger charge is 2.23. The average Bonchev–Trinajstić information content (AvgIpc) is 3.00. The largest absolute Gasteiger partial charge is 0.475 e. The Morgan fingerprint density at radius 1 is 1.14 bits per heavy atom. The van der Waals surface area contributed by atoms with Crippen LogP contribution in [-0.2, 0) is 4.79 Å². The monoisotopic (exact) mass is 190 g/mol. The van der Waals surface area contributed by atoms with E-state index in [9.17, 15) is 9.59 Å². The molecule has 0 heterocycles. The summed E-state index contributed by atoms with van der Waals surface area (Å²) in [5, 5.41) is 8.48. The van der Waals surface area contributed by atoms with Crippen molar-refractivity contribution in [3.8, 4) is 0 Å². The number of Topliss-reactive ketones (excluding diaryl/α,β-unsaturated/α-hetero) is 1. The molecule has 0 amide bonds. The van der Waals surface area contributed by atoms with E-state index < -0.39 is 11.8 Å². The molecule has 72 valence electrons. The highest BCUT2D eigenvalue weighted by molar-refractivity contribution is 6.39. The molecule has 0 spiro atoms. The van der Waals surface area contributed by atoms with Gasteiger partial charge in [-0.3, -0.25) is 4.79 Å². The molecular weight excluding hydrogens is 180 g/mol. The first-order chi connectivity index (χ1) is 6.68. The summed E-state index contributed by atoms with van der Waals surface area (Å²) in [5.41, 5.74) is 1.45. The smallest absolute Gasteiger partial charge is 0.377 e. The molecule has 1 N–H and O–H groups in total. The molecule has 3 heteroatoms. The molecule has 1 aliphatic carbocycles. The third-order valence-electron chi connectivity index (χ3n) is 2.42. The first kappa shape index (κ1) is 8.94. The normalized spacial score (nSPS) is 15.1. The molecule has 2 rings (SSSR count). The quantitative estimate of drug-likeness (QED) is 0.584. The zero-order valence-corrected chi connectivity index (χ0v) is 7.56. The summed E-state index contributed by atoms with van der Waals surface area (Å²) >= 11 is 0. The van der Waals surface area contributed by atoms with Crippen molar-refractivity contribution >= 4 is 11.8 Å². The van der Waals surface area contributed by atoms with E-state index in [1.54, 1.807) is 12.1 Å². The van der Waals surface area contributed by atoms with Crippen LogP contribution in [-0.4, -0.2) is 16.9 Å². The predicted molar refractivity (Wildman–Crippen MR) is 50.4 cm³/mol. The molecule has 0 radical (unpaired) electrons. The first-order valence-corrected chi connectivity index (χ1v) is 4.56. The van der Waals surface area contributed by atoms with Crippen LogP contribution in [0.15, 0.2) is 24.3 Å². The predicted octanol–water partition coefficient (Wildman–Crippen LogP) is 1.83. The fourth-order valence-corrected chi connectivity index (χ4v) is 1.45. The van der Waals surface area contributed by atoms with Crippen molar-refractivity contribution in [2.24, 2.45) is 0 Å². The lowest BCUT2D eigenvalue weighted by atomic mass is 10.1. The summed E-state index contributed by atoms with van der Waals surface area (Å²) in [7, 11) is 0. The van der Waals surface area contributed by atoms with Crippen LogP contribution in [0.4, 0.5) is 0 Å². The Balaban J connectivity index is 2.20. The maximum atomic E-state index is 11.0. The maximum Gasteiger partial charge on any atom is 0.377 e. The summed E-state index contributed by atoms with van der Waals surface area (Å²) < 4.78 is 0. The van der Waals surface area contributed by atoms with Crippen molar-refractivity contribution < 1.29 is 14.7 Å². The fraction of sp³-hybridized carbons (Fsp3) is 0.273. The Morgan fingerprint density at radius 2 is 1.71 bits per heavy atom. The minimum Gasteiger partial charge on any atom is -0.475 e. The van der Waals surface area contributed by atoms with Crippen LogP contribution in [0, 0.1) is 0 Å². The fourth-order valence-electron chi connectivity index (χ4n) is 1.45. The van der Waals surface area contributed by atoms with E-state index in [1.165, 1.54) is 18.4 Å². The summed E-state index contributed by atoms with van der Waals surface area (Å²) in [4.78, 5) is 21.4. The van der Waals surface area contributed by atoms with Crippen molar-refractivity contribution in [3.63, 3.8) is 0 Å². The summed E-state index contributed by atoms with van der Waals surface area (Å²) in [5.74, 6) is -1.61. The van der Waals surface area contributed by atoms with Gasteiger partial charge in [-0.25, -0.2) is 4.79 Å². The van der Waals surface area contributed by atoms with Gasteiger partial charge in [0.15, 0.2) is 0 Å². The van der Waals surface area contributed by atoms with Gasteiger partial charge < -0.3 is 5.11 Å². The zero-order chi connectivity index (χ0) is 10.1. The lowest BCUT2D eigenvalue weighted by Gasteiger charge is -1.99. The number of carboxylic acid groups (broad SMARTS) is 1. The molecule has 0 saturated heterocycles. The second kappa shape index (κ2) is 3.25. The van der Waals surface area contributed by atoms with Crippen molar-refractivity contribution in [1.29, 1.82) is 0 Å². The number of aliphatic carboxylic acids is 1. The summed E-state index contributed by atoms with van der Waals surface area (Å²) in [6.07, 6.45) is 2.40. The molecule has 14 heavy (non-hydrogen) atoms. The standard InChI is InChI=1S/C11H10O3/c12-10(11(13)14)9-5-3-8(4-6-9)7-1-2-7/h3-7H,1-2H2,(H,13,14). The molecule has 0 aromatic heterocycles. The Bertz CT molecular complexity index is 374. The molecule has 0 atom stereocenters. The second-order valence-corrected chi connectivity index (χ2v) is 3.53. The Kier molecular flexibility index (Phi) is 2.08. The van der Waals surface area contributed by atoms with Crippen LogP contribution in [0.5, 0.6) is 0 Å². The molecule has 1 aliphatic rings. The van der Waals surface area contributed by atoms with Crippen LogP contribution in [0.25, 0.3) is 0 Å². The number of hydrogen-bond donors (Lipinski definition) is 1. The van der Waals surface area contributed by atoms with Crippen molar-refractivity contribution in [2.75, 3.05) is 0 Å². The Morgan fingerprint density at radius 3 is 2.14 bits per heavy atom. The Labute approximate surface area is 81.4 Å². The van der Waals surface area contributed by atoms with Gasteiger partial charge in [-0.1, -0.05) is 24.3 Å². The topological polar surface area (TPSA) is 54.4 Å². The average molecular weight is 190 g/mol. The lowest BCUT2D eigenvalue weighted by Crippen LogP contribution is -2.12. The summed E-state index contributed by atoms with van der Waals surface area (Å²) in [6.45, 7) is 0. The Hall–Kier alpha value is -1.64. The van der Waals surface area contributed by atoms with Gasteiger partial charge in [0, 0.05) is 5.56 Å². The molecule has 0 unspecified atom stereocenters. The molecule has 0 bridgehead atoms. The van der Waals surface area contributed by atoms with E-state index in [1.807, 2.05) is 12.1 Å². The van der Waals surface area contributed by atoms with E-state index in [-0.39, 0.29) is 5.56 Å². The first-order valence-electron chi connectivity index (χ1n) is 4.56. The molecule has 1 aromatic carbocycles. The maximum absolute atomic E-state index is 11.0. The molecule has 1 fully saturated rings. The minimum absolute atomic E-state index is 0.252. The number of rotatable bonds is 3. The number of benzene rings is 1. The number of hydrogen-bond acceptors (Lipinski definition) is 2. The molecular formula is C11H10O3. The van der Waals surface area contributed by atoms with Crippen LogP contribution >= 0.6 is 0 Å². The van der Waals surface area contributed by atoms with Gasteiger partial charge in [-0.15, -0.1) is 0 Å². The van der Waals surface area contributed by atoms with Crippen molar-refractivity contribution in [1.82, 2.24) is 0 Å². The molecule has 1 saturated carbocycles. The molecule has 1 aromatic rings. The SMILES string of the molecule is O=C(O)C(=O)c1ccc(C2CC2)cc1. The van der Waals surface area contributed by atoms with Crippen LogP contribution in [0.1, 0.15) is 34.7 Å². The van der Waals surface area contributed by atoms with Crippen molar-refractivity contribution in [2.45, 2.75) is 18.8 Å².